The molecule has 2 rings (SSSR count). The zero-order valence-corrected chi connectivity index (χ0v) is 7.87. The van der Waals surface area contributed by atoms with Crippen molar-refractivity contribution >= 4 is 28.6 Å². The van der Waals surface area contributed by atoms with Crippen LogP contribution in [0.25, 0.3) is 11.2 Å². The minimum absolute atomic E-state index is 0.0187. The lowest BCUT2D eigenvalue weighted by Gasteiger charge is -1.98. The van der Waals surface area contributed by atoms with Crippen molar-refractivity contribution in [2.75, 3.05) is 5.73 Å². The third kappa shape index (κ3) is 1.29. The fourth-order valence-electron chi connectivity index (χ4n) is 0.988. The average molecular weight is 213 g/mol. The molecule has 2 aromatic heterocycles. The molecule has 0 saturated carbocycles. The molecular formula is C7H5ClN4O2. The smallest absolute Gasteiger partial charge is 0.367 e. The number of halogens is 1. The van der Waals surface area contributed by atoms with Gasteiger partial charge in [-0.3, -0.25) is 0 Å². The van der Waals surface area contributed by atoms with Crippen molar-refractivity contribution < 1.29 is 4.42 Å². The van der Waals surface area contributed by atoms with E-state index in [0.29, 0.717) is 0 Å². The van der Waals surface area contributed by atoms with Gasteiger partial charge in [-0.05, 0) is 0 Å². The average Bonchev–Trinajstić information content (AvgIpc) is 2.08. The normalized spacial score (nSPS) is 10.7. The van der Waals surface area contributed by atoms with E-state index in [1.807, 2.05) is 0 Å². The molecule has 0 atom stereocenters. The number of hydrogen-bond acceptors (Lipinski definition) is 6. The highest BCUT2D eigenvalue weighted by atomic mass is 35.5. The van der Waals surface area contributed by atoms with Gasteiger partial charge in [-0.2, -0.15) is 4.98 Å². The van der Waals surface area contributed by atoms with Crippen molar-refractivity contribution in [3.63, 3.8) is 0 Å². The lowest BCUT2D eigenvalue weighted by Crippen LogP contribution is -2.08. The summed E-state index contributed by atoms with van der Waals surface area (Å²) in [5.74, 6) is 0.246. The van der Waals surface area contributed by atoms with Crippen molar-refractivity contribution in [3.05, 3.63) is 21.5 Å². The first-order chi connectivity index (χ1) is 6.58. The summed E-state index contributed by atoms with van der Waals surface area (Å²) >= 11 is 5.59. The topological polar surface area (TPSA) is 94.9 Å². The van der Waals surface area contributed by atoms with Crippen molar-refractivity contribution in [1.82, 2.24) is 15.0 Å². The lowest BCUT2D eigenvalue weighted by atomic mass is 10.5. The van der Waals surface area contributed by atoms with Crippen molar-refractivity contribution in [2.45, 2.75) is 6.92 Å². The fraction of sp³-hybridized carbons (Fsp3) is 0.143. The van der Waals surface area contributed by atoms with Crippen LogP contribution in [-0.2, 0) is 0 Å². The summed E-state index contributed by atoms with van der Waals surface area (Å²) in [6, 6.07) is 0. The third-order valence-corrected chi connectivity index (χ3v) is 1.83. The summed E-state index contributed by atoms with van der Waals surface area (Å²) in [5.41, 5.74) is 4.91. The molecular weight excluding hydrogens is 208 g/mol. The van der Waals surface area contributed by atoms with E-state index in [1.54, 1.807) is 0 Å². The first-order valence-electron chi connectivity index (χ1n) is 3.68. The largest absolute Gasteiger partial charge is 0.407 e. The van der Waals surface area contributed by atoms with Gasteiger partial charge < -0.3 is 10.2 Å². The van der Waals surface area contributed by atoms with Crippen LogP contribution in [0.2, 0.25) is 5.15 Å². The van der Waals surface area contributed by atoms with Gasteiger partial charge in [0.15, 0.2) is 28.0 Å². The number of nitrogens with two attached hydrogens (primary N) is 1. The Morgan fingerprint density at radius 2 is 2.07 bits per heavy atom. The Kier molecular flexibility index (Phi) is 1.85. The van der Waals surface area contributed by atoms with E-state index in [9.17, 15) is 4.79 Å². The molecule has 7 heteroatoms. The number of fused-ring (bicyclic) bond motifs is 1. The second kappa shape index (κ2) is 2.91. The number of anilines is 1. The SMILES string of the molecule is Cc1nc2nc(N)c(Cl)nc2c(=O)o1. The lowest BCUT2D eigenvalue weighted by molar-refractivity contribution is 0.465. The molecule has 2 aromatic rings. The van der Waals surface area contributed by atoms with E-state index >= 15 is 0 Å². The van der Waals surface area contributed by atoms with Crippen LogP contribution in [0.4, 0.5) is 5.82 Å². The predicted octanol–water partition coefficient (Wildman–Crippen LogP) is 0.522. The van der Waals surface area contributed by atoms with Gasteiger partial charge >= 0.3 is 5.63 Å². The second-order valence-electron chi connectivity index (χ2n) is 2.59. The first kappa shape index (κ1) is 8.89. The summed E-state index contributed by atoms with van der Waals surface area (Å²) in [6.07, 6.45) is 0. The van der Waals surface area contributed by atoms with E-state index in [2.05, 4.69) is 15.0 Å². The van der Waals surface area contributed by atoms with Crippen LogP contribution in [0.3, 0.4) is 0 Å². The minimum Gasteiger partial charge on any atom is -0.407 e. The van der Waals surface area contributed by atoms with E-state index in [1.165, 1.54) is 6.92 Å². The van der Waals surface area contributed by atoms with Crippen LogP contribution in [0.15, 0.2) is 9.21 Å². The highest BCUT2D eigenvalue weighted by Crippen LogP contribution is 2.14. The fourth-order valence-corrected chi connectivity index (χ4v) is 1.11. The molecule has 0 spiro atoms. The summed E-state index contributed by atoms with van der Waals surface area (Å²) in [5, 5.41) is -0.0320. The second-order valence-corrected chi connectivity index (χ2v) is 2.95. The van der Waals surface area contributed by atoms with E-state index in [4.69, 9.17) is 21.8 Å². The molecule has 0 saturated heterocycles. The third-order valence-electron chi connectivity index (χ3n) is 1.56. The molecule has 2 heterocycles. The van der Waals surface area contributed by atoms with E-state index in [-0.39, 0.29) is 28.0 Å². The highest BCUT2D eigenvalue weighted by molar-refractivity contribution is 6.31. The van der Waals surface area contributed by atoms with Gasteiger partial charge in [-0.25, -0.2) is 14.8 Å². The Labute approximate surface area is 82.7 Å². The molecule has 2 N–H and O–H groups in total. The molecule has 0 aliphatic carbocycles. The Hall–Kier alpha value is -1.69. The molecule has 0 fully saturated rings. The zero-order valence-electron chi connectivity index (χ0n) is 7.11. The van der Waals surface area contributed by atoms with Crippen LogP contribution in [0.1, 0.15) is 5.89 Å². The summed E-state index contributed by atoms with van der Waals surface area (Å²) in [6.45, 7) is 1.54. The number of nitrogen functional groups attached to an aromatic ring is 1. The zero-order chi connectivity index (χ0) is 10.3. The summed E-state index contributed by atoms with van der Waals surface area (Å²) < 4.78 is 4.72. The molecule has 0 aromatic carbocycles. The Bertz CT molecular complexity index is 565. The number of hydrogen-bond donors (Lipinski definition) is 1. The molecule has 0 aliphatic heterocycles. The maximum Gasteiger partial charge on any atom is 0.367 e. The van der Waals surface area contributed by atoms with Crippen LogP contribution in [0, 0.1) is 6.92 Å². The predicted molar refractivity (Wildman–Crippen MR) is 50.0 cm³/mol. The highest BCUT2D eigenvalue weighted by Gasteiger charge is 2.09. The van der Waals surface area contributed by atoms with Crippen LogP contribution >= 0.6 is 11.6 Å². The maximum absolute atomic E-state index is 11.3. The van der Waals surface area contributed by atoms with Crippen LogP contribution in [0.5, 0.6) is 0 Å². The molecule has 14 heavy (non-hydrogen) atoms. The number of aromatic nitrogens is 3. The van der Waals surface area contributed by atoms with Gasteiger partial charge in [0.25, 0.3) is 0 Å². The van der Waals surface area contributed by atoms with Crippen molar-refractivity contribution in [1.29, 1.82) is 0 Å². The number of aryl methyl sites for hydroxylation is 1. The van der Waals surface area contributed by atoms with Crippen LogP contribution in [-0.4, -0.2) is 15.0 Å². The maximum atomic E-state index is 11.3. The van der Waals surface area contributed by atoms with E-state index in [0.717, 1.165) is 0 Å². The van der Waals surface area contributed by atoms with Crippen molar-refractivity contribution in [2.24, 2.45) is 0 Å². The van der Waals surface area contributed by atoms with Gasteiger partial charge in [-0.1, -0.05) is 11.6 Å². The minimum atomic E-state index is -0.623. The van der Waals surface area contributed by atoms with Crippen molar-refractivity contribution in [3.8, 4) is 0 Å². The molecule has 0 aliphatic rings. The number of nitrogens with zero attached hydrogens (tertiary/aromatic N) is 3. The van der Waals surface area contributed by atoms with E-state index < -0.39 is 5.63 Å². The summed E-state index contributed by atoms with van der Waals surface area (Å²) in [7, 11) is 0. The molecule has 0 amide bonds. The Morgan fingerprint density at radius 3 is 2.79 bits per heavy atom. The van der Waals surface area contributed by atoms with Gasteiger partial charge in [0.05, 0.1) is 0 Å². The Balaban J connectivity index is 2.96. The number of rotatable bonds is 0. The summed E-state index contributed by atoms with van der Waals surface area (Å²) in [4.78, 5) is 22.6. The van der Waals surface area contributed by atoms with Gasteiger partial charge in [0.1, 0.15) is 0 Å². The standard InChI is InChI=1S/C7H5ClN4O2/c1-2-10-6-3(7(13)14-2)11-4(8)5(9)12-6/h1H3,(H2,9,12). The van der Waals surface area contributed by atoms with Gasteiger partial charge in [0, 0.05) is 6.92 Å². The molecule has 0 bridgehead atoms. The van der Waals surface area contributed by atoms with Gasteiger partial charge in [0.2, 0.25) is 0 Å². The Morgan fingerprint density at radius 1 is 1.36 bits per heavy atom. The molecule has 72 valence electrons. The van der Waals surface area contributed by atoms with Crippen LogP contribution < -0.4 is 11.4 Å². The van der Waals surface area contributed by atoms with Gasteiger partial charge in [-0.15, -0.1) is 0 Å². The molecule has 0 unspecified atom stereocenters. The molecule has 6 nitrogen and oxygen atoms in total. The first-order valence-corrected chi connectivity index (χ1v) is 4.06. The quantitative estimate of drug-likeness (QED) is 0.684. The molecule has 0 radical (unpaired) electrons. The monoisotopic (exact) mass is 212 g/mol.